The molecular formula is C10H10BFO4. The Bertz CT molecular complexity index is 426. The molecule has 0 saturated carbocycles. The van der Waals surface area contributed by atoms with E-state index in [9.17, 15) is 4.39 Å². The Kier molecular flexibility index (Phi) is 2.35. The van der Waals surface area contributed by atoms with Crippen LogP contribution in [0.2, 0.25) is 0 Å². The Morgan fingerprint density at radius 2 is 2.38 bits per heavy atom. The normalized spacial score (nSPS) is 22.6. The van der Waals surface area contributed by atoms with E-state index in [0.717, 1.165) is 0 Å². The predicted molar refractivity (Wildman–Crippen MR) is 54.0 cm³/mol. The highest BCUT2D eigenvalue weighted by Gasteiger charge is 2.40. The van der Waals surface area contributed by atoms with Gasteiger partial charge in [-0.05, 0) is 12.1 Å². The van der Waals surface area contributed by atoms with Crippen molar-refractivity contribution in [3.63, 3.8) is 0 Å². The van der Waals surface area contributed by atoms with Crippen LogP contribution in [0.4, 0.5) is 4.39 Å². The summed E-state index contributed by atoms with van der Waals surface area (Å²) in [6.07, 6.45) is -0.439. The summed E-state index contributed by atoms with van der Waals surface area (Å²) in [6.45, 7) is 0.279. The van der Waals surface area contributed by atoms with E-state index in [0.29, 0.717) is 16.8 Å². The van der Waals surface area contributed by atoms with Crippen molar-refractivity contribution in [2.24, 2.45) is 0 Å². The summed E-state index contributed by atoms with van der Waals surface area (Å²) in [4.78, 5) is 0. The third kappa shape index (κ3) is 1.42. The molecule has 3 rings (SSSR count). The van der Waals surface area contributed by atoms with Crippen molar-refractivity contribution in [3.8, 4) is 5.75 Å². The van der Waals surface area contributed by atoms with Gasteiger partial charge in [0.05, 0.1) is 13.2 Å². The molecule has 0 spiro atoms. The van der Waals surface area contributed by atoms with Crippen LogP contribution in [0, 0.1) is 5.82 Å². The highest BCUT2D eigenvalue weighted by atomic mass is 19.1. The van der Waals surface area contributed by atoms with Gasteiger partial charge in [-0.2, -0.15) is 0 Å². The minimum atomic E-state index is -0.625. The molecule has 0 fully saturated rings. The lowest BCUT2D eigenvalue weighted by atomic mass is 9.78. The fourth-order valence-corrected chi connectivity index (χ4v) is 1.99. The standard InChI is InChI=1S/C10H10BFO4/c12-8-1-2-9-10-7(8)5-15-11(10)16-6(3-13)4-14-9/h1-2,6,13H,3-5H2. The minimum absolute atomic E-state index is 0.147. The van der Waals surface area contributed by atoms with Gasteiger partial charge in [0.1, 0.15) is 24.3 Å². The average molecular weight is 224 g/mol. The van der Waals surface area contributed by atoms with Gasteiger partial charge in [-0.15, -0.1) is 0 Å². The summed E-state index contributed by atoms with van der Waals surface area (Å²) in [6, 6.07) is 2.93. The van der Waals surface area contributed by atoms with Gasteiger partial charge in [-0.1, -0.05) is 0 Å². The molecule has 1 atom stereocenters. The highest BCUT2D eigenvalue weighted by Crippen LogP contribution is 2.25. The van der Waals surface area contributed by atoms with Crippen LogP contribution < -0.4 is 10.2 Å². The monoisotopic (exact) mass is 224 g/mol. The van der Waals surface area contributed by atoms with Gasteiger partial charge in [-0.25, -0.2) is 4.39 Å². The number of halogens is 1. The molecule has 1 N–H and O–H groups in total. The van der Waals surface area contributed by atoms with Crippen molar-refractivity contribution in [2.45, 2.75) is 12.7 Å². The maximum Gasteiger partial charge on any atom is 0.498 e. The molecule has 84 valence electrons. The van der Waals surface area contributed by atoms with Gasteiger partial charge in [0.2, 0.25) is 0 Å². The number of ether oxygens (including phenoxy) is 1. The van der Waals surface area contributed by atoms with Crippen molar-refractivity contribution in [2.75, 3.05) is 13.2 Å². The van der Waals surface area contributed by atoms with Crippen LogP contribution in [-0.2, 0) is 15.9 Å². The van der Waals surface area contributed by atoms with E-state index in [1.54, 1.807) is 6.07 Å². The SMILES string of the molecule is OCC1COc2ccc(F)c3c2B(OC3)O1. The average Bonchev–Trinajstić information content (AvgIpc) is 2.63. The summed E-state index contributed by atoms with van der Waals surface area (Å²) < 4.78 is 29.8. The Morgan fingerprint density at radius 3 is 3.19 bits per heavy atom. The van der Waals surface area contributed by atoms with Gasteiger partial charge in [0.25, 0.3) is 0 Å². The van der Waals surface area contributed by atoms with E-state index in [1.165, 1.54) is 6.07 Å². The maximum atomic E-state index is 13.5. The summed E-state index contributed by atoms with van der Waals surface area (Å²) in [5.74, 6) is 0.269. The number of aliphatic hydroxyl groups excluding tert-OH is 1. The summed E-state index contributed by atoms with van der Waals surface area (Å²) in [5, 5.41) is 9.05. The molecule has 0 amide bonds. The highest BCUT2D eigenvalue weighted by molar-refractivity contribution is 6.64. The first-order chi connectivity index (χ1) is 7.79. The molecule has 6 heteroatoms. The van der Waals surface area contributed by atoms with Crippen molar-refractivity contribution in [3.05, 3.63) is 23.5 Å². The van der Waals surface area contributed by atoms with Crippen LogP contribution in [0.15, 0.2) is 12.1 Å². The van der Waals surface area contributed by atoms with Crippen molar-refractivity contribution < 1.29 is 23.5 Å². The number of benzene rings is 1. The van der Waals surface area contributed by atoms with Crippen molar-refractivity contribution in [1.82, 2.24) is 0 Å². The van der Waals surface area contributed by atoms with E-state index in [4.69, 9.17) is 19.2 Å². The molecule has 0 aromatic heterocycles. The smallest absolute Gasteiger partial charge is 0.491 e. The first-order valence-electron chi connectivity index (χ1n) is 5.11. The van der Waals surface area contributed by atoms with Crippen LogP contribution in [0.25, 0.3) is 0 Å². The van der Waals surface area contributed by atoms with Crippen LogP contribution in [-0.4, -0.2) is 31.5 Å². The maximum absolute atomic E-state index is 13.5. The number of hydrogen-bond acceptors (Lipinski definition) is 4. The topological polar surface area (TPSA) is 47.9 Å². The first kappa shape index (κ1) is 10.1. The molecule has 16 heavy (non-hydrogen) atoms. The van der Waals surface area contributed by atoms with E-state index >= 15 is 0 Å². The van der Waals surface area contributed by atoms with E-state index in [-0.39, 0.29) is 25.6 Å². The molecular weight excluding hydrogens is 214 g/mol. The largest absolute Gasteiger partial charge is 0.498 e. The Labute approximate surface area is 92.1 Å². The molecule has 1 aromatic rings. The zero-order valence-electron chi connectivity index (χ0n) is 8.48. The molecule has 2 heterocycles. The Hall–Kier alpha value is -1.11. The molecule has 0 saturated heterocycles. The van der Waals surface area contributed by atoms with Gasteiger partial charge in [0.15, 0.2) is 0 Å². The van der Waals surface area contributed by atoms with Gasteiger partial charge in [0, 0.05) is 11.0 Å². The second-order valence-electron chi connectivity index (χ2n) is 3.83. The van der Waals surface area contributed by atoms with E-state index < -0.39 is 13.2 Å². The molecule has 0 radical (unpaired) electrons. The third-order valence-electron chi connectivity index (χ3n) is 2.82. The minimum Gasteiger partial charge on any atom is -0.491 e. The van der Waals surface area contributed by atoms with E-state index in [1.807, 2.05) is 0 Å². The zero-order chi connectivity index (χ0) is 11.1. The molecule has 0 bridgehead atoms. The van der Waals surface area contributed by atoms with Crippen LogP contribution >= 0.6 is 0 Å². The number of aliphatic hydroxyl groups is 1. The summed E-state index contributed by atoms with van der Waals surface area (Å²) in [7, 11) is -0.625. The summed E-state index contributed by atoms with van der Waals surface area (Å²) in [5.41, 5.74) is 1.11. The molecule has 1 unspecified atom stereocenters. The fourth-order valence-electron chi connectivity index (χ4n) is 1.99. The van der Waals surface area contributed by atoms with Crippen LogP contribution in [0.1, 0.15) is 5.56 Å². The molecule has 2 aliphatic rings. The second-order valence-corrected chi connectivity index (χ2v) is 3.83. The quantitative estimate of drug-likeness (QED) is 0.672. The van der Waals surface area contributed by atoms with Crippen molar-refractivity contribution >= 4 is 12.6 Å². The second kappa shape index (κ2) is 3.73. The molecule has 4 nitrogen and oxygen atoms in total. The van der Waals surface area contributed by atoms with Crippen LogP contribution in [0.5, 0.6) is 5.75 Å². The van der Waals surface area contributed by atoms with Gasteiger partial charge >= 0.3 is 7.12 Å². The molecule has 0 aliphatic carbocycles. The zero-order valence-corrected chi connectivity index (χ0v) is 8.48. The lowest BCUT2D eigenvalue weighted by Gasteiger charge is -2.13. The Morgan fingerprint density at radius 1 is 1.50 bits per heavy atom. The van der Waals surface area contributed by atoms with Crippen molar-refractivity contribution in [1.29, 1.82) is 0 Å². The van der Waals surface area contributed by atoms with Gasteiger partial charge < -0.3 is 19.2 Å². The van der Waals surface area contributed by atoms with E-state index in [2.05, 4.69) is 0 Å². The number of hydrogen-bond donors (Lipinski definition) is 1. The fraction of sp³-hybridized carbons (Fsp3) is 0.400. The first-order valence-corrected chi connectivity index (χ1v) is 5.11. The lowest BCUT2D eigenvalue weighted by Crippen LogP contribution is -2.36. The summed E-state index contributed by atoms with van der Waals surface area (Å²) >= 11 is 0. The third-order valence-corrected chi connectivity index (χ3v) is 2.82. The lowest BCUT2D eigenvalue weighted by molar-refractivity contribution is 0.0569. The molecule has 2 aliphatic heterocycles. The van der Waals surface area contributed by atoms with Gasteiger partial charge in [-0.3, -0.25) is 0 Å². The predicted octanol–water partition coefficient (Wildman–Crippen LogP) is -0.179. The number of rotatable bonds is 1. The van der Waals surface area contributed by atoms with Crippen LogP contribution in [0.3, 0.4) is 0 Å². The molecule has 1 aromatic carbocycles. The Balaban J connectivity index is 2.05.